The first-order valence-electron chi connectivity index (χ1n) is 8.40. The Bertz CT molecular complexity index is 480. The molecule has 1 aliphatic rings. The SMILES string of the molecule is C[C@H](CCOc1ccccc1)C(=O)NC[C@@H]1CN(C)CCN1C. The number of hydrogen-bond donors (Lipinski definition) is 1. The number of hydrogen-bond acceptors (Lipinski definition) is 4. The van der Waals surface area contributed by atoms with E-state index in [0.717, 1.165) is 31.8 Å². The molecule has 5 nitrogen and oxygen atoms in total. The van der Waals surface area contributed by atoms with Gasteiger partial charge in [-0.3, -0.25) is 9.69 Å². The summed E-state index contributed by atoms with van der Waals surface area (Å²) in [6.07, 6.45) is 0.723. The number of para-hydroxylation sites is 1. The molecule has 1 heterocycles. The van der Waals surface area contributed by atoms with E-state index in [1.165, 1.54) is 0 Å². The number of piperazine rings is 1. The minimum atomic E-state index is -0.0367. The molecular formula is C18H29N3O2. The van der Waals surface area contributed by atoms with E-state index in [-0.39, 0.29) is 11.8 Å². The van der Waals surface area contributed by atoms with Gasteiger partial charge in [0.1, 0.15) is 5.75 Å². The van der Waals surface area contributed by atoms with Crippen molar-refractivity contribution in [2.75, 3.05) is 46.9 Å². The van der Waals surface area contributed by atoms with E-state index < -0.39 is 0 Å². The van der Waals surface area contributed by atoms with E-state index in [1.54, 1.807) is 0 Å². The second-order valence-corrected chi connectivity index (χ2v) is 6.49. The molecule has 0 aliphatic carbocycles. The van der Waals surface area contributed by atoms with Gasteiger partial charge in [-0.05, 0) is 32.6 Å². The van der Waals surface area contributed by atoms with E-state index in [9.17, 15) is 4.79 Å². The molecule has 1 fully saturated rings. The molecule has 1 amide bonds. The van der Waals surface area contributed by atoms with Gasteiger partial charge in [0.2, 0.25) is 5.91 Å². The van der Waals surface area contributed by atoms with Gasteiger partial charge in [-0.2, -0.15) is 0 Å². The monoisotopic (exact) mass is 319 g/mol. The molecule has 2 atom stereocenters. The van der Waals surface area contributed by atoms with Crippen molar-refractivity contribution in [3.63, 3.8) is 0 Å². The zero-order chi connectivity index (χ0) is 16.7. The summed E-state index contributed by atoms with van der Waals surface area (Å²) in [7, 11) is 4.26. The highest BCUT2D eigenvalue weighted by molar-refractivity contribution is 5.78. The third kappa shape index (κ3) is 5.84. The molecule has 128 valence electrons. The minimum absolute atomic E-state index is 0.0367. The lowest BCUT2D eigenvalue weighted by atomic mass is 10.1. The van der Waals surface area contributed by atoms with E-state index in [2.05, 4.69) is 29.2 Å². The fourth-order valence-electron chi connectivity index (χ4n) is 2.72. The first kappa shape index (κ1) is 17.8. The number of amides is 1. The molecule has 1 N–H and O–H groups in total. The van der Waals surface area contributed by atoms with E-state index >= 15 is 0 Å². The Labute approximate surface area is 139 Å². The van der Waals surface area contributed by atoms with Gasteiger partial charge >= 0.3 is 0 Å². The van der Waals surface area contributed by atoms with Crippen LogP contribution in [-0.2, 0) is 4.79 Å². The van der Waals surface area contributed by atoms with Crippen molar-refractivity contribution >= 4 is 5.91 Å². The van der Waals surface area contributed by atoms with Crippen molar-refractivity contribution in [1.82, 2.24) is 15.1 Å². The fraction of sp³-hybridized carbons (Fsp3) is 0.611. The summed E-state index contributed by atoms with van der Waals surface area (Å²) in [4.78, 5) is 16.9. The van der Waals surface area contributed by atoms with Gasteiger partial charge in [0.05, 0.1) is 6.61 Å². The summed E-state index contributed by atoms with van der Waals surface area (Å²) in [6, 6.07) is 10.1. The number of nitrogens with zero attached hydrogens (tertiary/aromatic N) is 2. The van der Waals surface area contributed by atoms with Crippen molar-refractivity contribution in [2.24, 2.45) is 5.92 Å². The van der Waals surface area contributed by atoms with Crippen LogP contribution in [-0.4, -0.2) is 68.6 Å². The summed E-state index contributed by atoms with van der Waals surface area (Å²) >= 11 is 0. The van der Waals surface area contributed by atoms with Crippen molar-refractivity contribution in [2.45, 2.75) is 19.4 Å². The summed E-state index contributed by atoms with van der Waals surface area (Å²) in [5.74, 6) is 0.931. The van der Waals surface area contributed by atoms with Crippen LogP contribution in [0.4, 0.5) is 0 Å². The third-order valence-electron chi connectivity index (χ3n) is 4.50. The van der Waals surface area contributed by atoms with Gasteiger partial charge < -0.3 is 15.0 Å². The molecule has 0 aromatic heterocycles. The molecule has 0 unspecified atom stereocenters. The predicted octanol–water partition coefficient (Wildman–Crippen LogP) is 1.45. The van der Waals surface area contributed by atoms with Crippen LogP contribution in [0.15, 0.2) is 30.3 Å². The standard InChI is InChI=1S/C18H29N3O2/c1-15(9-12-23-17-7-5-4-6-8-17)18(22)19-13-16-14-20(2)10-11-21(16)3/h4-8,15-16H,9-14H2,1-3H3,(H,19,22)/t15-,16-/m1/s1. The number of benzene rings is 1. The van der Waals surface area contributed by atoms with Gasteiger partial charge in [0, 0.05) is 38.1 Å². The highest BCUT2D eigenvalue weighted by Gasteiger charge is 2.23. The molecule has 0 radical (unpaired) electrons. The Morgan fingerprint density at radius 2 is 2.04 bits per heavy atom. The Morgan fingerprint density at radius 3 is 2.78 bits per heavy atom. The summed E-state index contributed by atoms with van der Waals surface area (Å²) in [5.41, 5.74) is 0. The average molecular weight is 319 g/mol. The Balaban J connectivity index is 1.66. The number of likely N-dealkylation sites (N-methyl/N-ethyl adjacent to an activating group) is 2. The maximum Gasteiger partial charge on any atom is 0.223 e. The van der Waals surface area contributed by atoms with Crippen LogP contribution in [0.25, 0.3) is 0 Å². The molecule has 0 bridgehead atoms. The Hall–Kier alpha value is -1.59. The molecule has 1 aromatic rings. The molecule has 1 saturated heterocycles. The lowest BCUT2D eigenvalue weighted by Gasteiger charge is -2.37. The smallest absolute Gasteiger partial charge is 0.223 e. The Kier molecular flexibility index (Phi) is 6.86. The van der Waals surface area contributed by atoms with E-state index in [4.69, 9.17) is 4.74 Å². The van der Waals surface area contributed by atoms with Gasteiger partial charge in [-0.1, -0.05) is 25.1 Å². The summed E-state index contributed by atoms with van der Waals surface area (Å²) in [6.45, 7) is 6.38. The van der Waals surface area contributed by atoms with Crippen LogP contribution < -0.4 is 10.1 Å². The molecule has 5 heteroatoms. The first-order chi connectivity index (χ1) is 11.1. The highest BCUT2D eigenvalue weighted by atomic mass is 16.5. The third-order valence-corrected chi connectivity index (χ3v) is 4.50. The van der Waals surface area contributed by atoms with E-state index in [0.29, 0.717) is 19.2 Å². The van der Waals surface area contributed by atoms with Gasteiger partial charge in [0.15, 0.2) is 0 Å². The van der Waals surface area contributed by atoms with Crippen molar-refractivity contribution < 1.29 is 9.53 Å². The van der Waals surface area contributed by atoms with Gasteiger partial charge in [0.25, 0.3) is 0 Å². The molecular weight excluding hydrogens is 290 g/mol. The number of carbonyl (C=O) groups excluding carboxylic acids is 1. The molecule has 2 rings (SSSR count). The van der Waals surface area contributed by atoms with Crippen LogP contribution in [0.5, 0.6) is 5.75 Å². The average Bonchev–Trinajstić information content (AvgIpc) is 2.56. The zero-order valence-electron chi connectivity index (χ0n) is 14.5. The lowest BCUT2D eigenvalue weighted by Crippen LogP contribution is -2.54. The summed E-state index contributed by atoms with van der Waals surface area (Å²) < 4.78 is 5.66. The quantitative estimate of drug-likeness (QED) is 0.826. The second-order valence-electron chi connectivity index (χ2n) is 6.49. The largest absolute Gasteiger partial charge is 0.494 e. The maximum atomic E-state index is 12.2. The van der Waals surface area contributed by atoms with Crippen molar-refractivity contribution in [1.29, 1.82) is 0 Å². The predicted molar refractivity (Wildman–Crippen MR) is 92.6 cm³/mol. The molecule has 0 spiro atoms. The van der Waals surface area contributed by atoms with E-state index in [1.807, 2.05) is 37.3 Å². The maximum absolute atomic E-state index is 12.2. The number of ether oxygens (including phenoxy) is 1. The van der Waals surface area contributed by atoms with Crippen LogP contribution in [0.1, 0.15) is 13.3 Å². The molecule has 23 heavy (non-hydrogen) atoms. The molecule has 1 aromatic carbocycles. The minimum Gasteiger partial charge on any atom is -0.494 e. The fourth-order valence-corrected chi connectivity index (χ4v) is 2.72. The normalized spacial score (nSPS) is 20.9. The summed E-state index contributed by atoms with van der Waals surface area (Å²) in [5, 5.41) is 3.09. The van der Waals surface area contributed by atoms with Crippen LogP contribution in [0.3, 0.4) is 0 Å². The molecule has 1 aliphatic heterocycles. The molecule has 0 saturated carbocycles. The van der Waals surface area contributed by atoms with Crippen LogP contribution in [0, 0.1) is 5.92 Å². The Morgan fingerprint density at radius 1 is 1.30 bits per heavy atom. The topological polar surface area (TPSA) is 44.8 Å². The van der Waals surface area contributed by atoms with Crippen LogP contribution >= 0.6 is 0 Å². The van der Waals surface area contributed by atoms with Gasteiger partial charge in [-0.25, -0.2) is 0 Å². The zero-order valence-corrected chi connectivity index (χ0v) is 14.5. The van der Waals surface area contributed by atoms with Crippen molar-refractivity contribution in [3.05, 3.63) is 30.3 Å². The lowest BCUT2D eigenvalue weighted by molar-refractivity contribution is -0.125. The van der Waals surface area contributed by atoms with Crippen molar-refractivity contribution in [3.8, 4) is 5.75 Å². The second kappa shape index (κ2) is 8.89. The highest BCUT2D eigenvalue weighted by Crippen LogP contribution is 2.11. The number of nitrogens with one attached hydrogen (secondary N) is 1. The first-order valence-corrected chi connectivity index (χ1v) is 8.40. The number of carbonyl (C=O) groups is 1. The van der Waals surface area contributed by atoms with Gasteiger partial charge in [-0.15, -0.1) is 0 Å². The van der Waals surface area contributed by atoms with Crippen LogP contribution in [0.2, 0.25) is 0 Å². The number of rotatable bonds is 7.